The molecule has 0 bridgehead atoms. The van der Waals surface area contributed by atoms with Crippen LogP contribution >= 0.6 is 11.6 Å². The molecule has 58 valence electrons. The first-order valence-corrected chi connectivity index (χ1v) is 3.43. The highest BCUT2D eigenvalue weighted by atomic mass is 35.5. The Kier molecular flexibility index (Phi) is 2.53. The molecular formula is C8H4ClN3. The molecule has 0 saturated carbocycles. The lowest BCUT2D eigenvalue weighted by Gasteiger charge is -1.97. The number of nitrogen functional groups attached to an aromatic ring is 1. The second kappa shape index (κ2) is 3.61. The zero-order valence-corrected chi connectivity index (χ0v) is 6.76. The molecule has 1 aromatic rings. The van der Waals surface area contributed by atoms with Gasteiger partial charge in [-0.15, -0.1) is 0 Å². The van der Waals surface area contributed by atoms with E-state index >= 15 is 0 Å². The van der Waals surface area contributed by atoms with E-state index in [1.165, 1.54) is 6.20 Å². The third-order valence-electron chi connectivity index (χ3n) is 1.18. The van der Waals surface area contributed by atoms with Crippen LogP contribution in [0.25, 0.3) is 0 Å². The maximum Gasteiger partial charge on any atom is 0.152 e. The van der Waals surface area contributed by atoms with Crippen LogP contribution < -0.4 is 5.73 Å². The highest BCUT2D eigenvalue weighted by Gasteiger charge is 2.00. The molecule has 0 amide bonds. The number of pyridine rings is 1. The second-order valence-corrected chi connectivity index (χ2v) is 2.29. The Morgan fingerprint density at radius 3 is 2.92 bits per heavy atom. The Morgan fingerprint density at radius 1 is 1.58 bits per heavy atom. The van der Waals surface area contributed by atoms with Gasteiger partial charge in [-0.05, 0) is 12.0 Å². The number of hydrogen-bond acceptors (Lipinski definition) is 3. The van der Waals surface area contributed by atoms with Crippen LogP contribution in [-0.2, 0) is 0 Å². The fourth-order valence-electron chi connectivity index (χ4n) is 0.664. The van der Waals surface area contributed by atoms with E-state index in [0.29, 0.717) is 11.3 Å². The molecule has 0 radical (unpaired) electrons. The Morgan fingerprint density at radius 2 is 2.33 bits per heavy atom. The molecule has 12 heavy (non-hydrogen) atoms. The van der Waals surface area contributed by atoms with Gasteiger partial charge in [-0.2, -0.15) is 5.26 Å². The van der Waals surface area contributed by atoms with Crippen molar-refractivity contribution in [3.05, 3.63) is 23.0 Å². The highest BCUT2D eigenvalue weighted by molar-refractivity contribution is 6.30. The average molecular weight is 178 g/mol. The molecule has 0 aliphatic carbocycles. The number of hydrogen-bond donors (Lipinski definition) is 1. The summed E-state index contributed by atoms with van der Waals surface area (Å²) in [6, 6.07) is 3.24. The fraction of sp³-hybridized carbons (Fsp3) is 0. The van der Waals surface area contributed by atoms with Gasteiger partial charge in [0.25, 0.3) is 0 Å². The number of halogens is 1. The molecule has 0 spiro atoms. The molecule has 0 fully saturated rings. The molecule has 4 heteroatoms. The lowest BCUT2D eigenvalue weighted by atomic mass is 10.2. The van der Waals surface area contributed by atoms with Crippen molar-refractivity contribution in [3.63, 3.8) is 0 Å². The first-order chi connectivity index (χ1) is 5.75. The van der Waals surface area contributed by atoms with Crippen molar-refractivity contribution in [2.24, 2.45) is 0 Å². The topological polar surface area (TPSA) is 62.7 Å². The van der Waals surface area contributed by atoms with Gasteiger partial charge in [0.05, 0.1) is 11.3 Å². The number of nitrogens with two attached hydrogens (primary N) is 1. The van der Waals surface area contributed by atoms with Crippen molar-refractivity contribution in [1.82, 2.24) is 4.98 Å². The molecule has 0 aliphatic rings. The van der Waals surface area contributed by atoms with Gasteiger partial charge in [0.2, 0.25) is 0 Å². The molecular weight excluding hydrogens is 174 g/mol. The number of nitriles is 1. The van der Waals surface area contributed by atoms with Crippen LogP contribution in [0.1, 0.15) is 5.56 Å². The quantitative estimate of drug-likeness (QED) is 0.478. The molecule has 0 aliphatic heterocycles. The molecule has 0 aromatic carbocycles. The van der Waals surface area contributed by atoms with Crippen LogP contribution in [0.3, 0.4) is 0 Å². The van der Waals surface area contributed by atoms with E-state index in [9.17, 15) is 0 Å². The SMILES string of the molecule is N#CC#Cc1c(N)ccnc1Cl. The van der Waals surface area contributed by atoms with Crippen molar-refractivity contribution >= 4 is 17.3 Å². The number of aromatic nitrogens is 1. The Hall–Kier alpha value is -1.71. The highest BCUT2D eigenvalue weighted by Crippen LogP contribution is 2.17. The van der Waals surface area contributed by atoms with Gasteiger partial charge in [-0.25, -0.2) is 4.98 Å². The third-order valence-corrected chi connectivity index (χ3v) is 1.47. The molecule has 1 rings (SSSR count). The normalized spacial score (nSPS) is 8.00. The lowest BCUT2D eigenvalue weighted by molar-refractivity contribution is 1.32. The molecule has 0 saturated heterocycles. The zero-order chi connectivity index (χ0) is 8.97. The number of rotatable bonds is 0. The fourth-order valence-corrected chi connectivity index (χ4v) is 0.877. The van der Waals surface area contributed by atoms with Gasteiger partial charge in [-0.1, -0.05) is 11.6 Å². The van der Waals surface area contributed by atoms with E-state index in [1.807, 2.05) is 0 Å². The van der Waals surface area contributed by atoms with Gasteiger partial charge >= 0.3 is 0 Å². The van der Waals surface area contributed by atoms with E-state index in [2.05, 4.69) is 16.8 Å². The number of nitrogens with zero attached hydrogens (tertiary/aromatic N) is 2. The summed E-state index contributed by atoms with van der Waals surface area (Å²) < 4.78 is 0. The lowest BCUT2D eigenvalue weighted by Crippen LogP contribution is -1.92. The minimum absolute atomic E-state index is 0.220. The zero-order valence-electron chi connectivity index (χ0n) is 6.00. The van der Waals surface area contributed by atoms with E-state index < -0.39 is 0 Å². The summed E-state index contributed by atoms with van der Waals surface area (Å²) in [6.07, 6.45) is 1.48. The summed E-state index contributed by atoms with van der Waals surface area (Å²) in [5.74, 6) is 4.70. The van der Waals surface area contributed by atoms with Crippen LogP contribution in [0, 0.1) is 23.2 Å². The average Bonchev–Trinajstić information content (AvgIpc) is 2.04. The predicted octanol–water partition coefficient (Wildman–Crippen LogP) is 1.19. The minimum atomic E-state index is 0.220. The Labute approximate surface area is 74.8 Å². The summed E-state index contributed by atoms with van der Waals surface area (Å²) in [5.41, 5.74) is 6.36. The van der Waals surface area contributed by atoms with Crippen LogP contribution in [-0.4, -0.2) is 4.98 Å². The molecule has 0 unspecified atom stereocenters. The first kappa shape index (κ1) is 8.39. The monoisotopic (exact) mass is 177 g/mol. The molecule has 0 atom stereocenters. The van der Waals surface area contributed by atoms with E-state index in [-0.39, 0.29) is 5.15 Å². The van der Waals surface area contributed by atoms with Gasteiger partial charge < -0.3 is 5.73 Å². The van der Waals surface area contributed by atoms with Crippen molar-refractivity contribution in [3.8, 4) is 17.9 Å². The smallest absolute Gasteiger partial charge is 0.152 e. The Bertz CT molecular complexity index is 375. The van der Waals surface area contributed by atoms with Crippen LogP contribution in [0.4, 0.5) is 5.69 Å². The largest absolute Gasteiger partial charge is 0.398 e. The van der Waals surface area contributed by atoms with Crippen molar-refractivity contribution in [1.29, 1.82) is 5.26 Å². The van der Waals surface area contributed by atoms with Gasteiger partial charge in [0, 0.05) is 12.1 Å². The number of anilines is 1. The summed E-state index contributed by atoms with van der Waals surface area (Å²) in [7, 11) is 0. The molecule has 2 N–H and O–H groups in total. The third kappa shape index (κ3) is 1.66. The maximum atomic E-state index is 8.18. The first-order valence-electron chi connectivity index (χ1n) is 3.06. The van der Waals surface area contributed by atoms with Crippen molar-refractivity contribution < 1.29 is 0 Å². The van der Waals surface area contributed by atoms with Crippen LogP contribution in [0.15, 0.2) is 12.3 Å². The van der Waals surface area contributed by atoms with Crippen molar-refractivity contribution in [2.75, 3.05) is 5.73 Å². The summed E-state index contributed by atoms with van der Waals surface area (Å²) in [4.78, 5) is 3.77. The molecule has 1 heterocycles. The van der Waals surface area contributed by atoms with Crippen molar-refractivity contribution in [2.45, 2.75) is 0 Å². The summed E-state index contributed by atoms with van der Waals surface area (Å²) in [5, 5.41) is 8.40. The second-order valence-electron chi connectivity index (χ2n) is 1.93. The van der Waals surface area contributed by atoms with Crippen LogP contribution in [0.5, 0.6) is 0 Å². The molecule has 3 nitrogen and oxygen atoms in total. The summed E-state index contributed by atoms with van der Waals surface area (Å²) in [6.45, 7) is 0. The maximum absolute atomic E-state index is 8.18. The van der Waals surface area contributed by atoms with Gasteiger partial charge in [0.1, 0.15) is 5.15 Å². The predicted molar refractivity (Wildman–Crippen MR) is 46.2 cm³/mol. The summed E-state index contributed by atoms with van der Waals surface area (Å²) >= 11 is 5.66. The van der Waals surface area contributed by atoms with E-state index in [1.54, 1.807) is 12.1 Å². The minimum Gasteiger partial charge on any atom is -0.398 e. The van der Waals surface area contributed by atoms with E-state index in [4.69, 9.17) is 22.6 Å². The van der Waals surface area contributed by atoms with Crippen LogP contribution in [0.2, 0.25) is 5.15 Å². The van der Waals surface area contributed by atoms with E-state index in [0.717, 1.165) is 0 Å². The molecule has 1 aromatic heterocycles. The Balaban J connectivity index is 3.24. The van der Waals surface area contributed by atoms with Gasteiger partial charge in [-0.3, -0.25) is 0 Å². The standard InChI is InChI=1S/C8H4ClN3/c9-8-6(2-1-4-10)7(11)3-5-12-8/h3,5H,(H2,11,12). The van der Waals surface area contributed by atoms with Gasteiger partial charge in [0.15, 0.2) is 6.07 Å².